The quantitative estimate of drug-likeness (QED) is 0.254. The second-order valence-corrected chi connectivity index (χ2v) is 9.25. The summed E-state index contributed by atoms with van der Waals surface area (Å²) < 4.78 is 21.7. The van der Waals surface area contributed by atoms with Crippen LogP contribution in [0.3, 0.4) is 0 Å². The number of halogens is 1. The standard InChI is InChI=1S/C26H27FN8O3/c1-26(2,3)38-25(37)31-17-10-11-19(27)20(12-17)32-22-21(33-23(36)16-8-6-5-7-9-16)14-28-24(34-22)30-18-13-29-35(4)15-18/h5-15H,1-4H3,(H,31,37)(H,33,36)(H2,28,30,32,34). The summed E-state index contributed by atoms with van der Waals surface area (Å²) in [7, 11) is 1.77. The molecular formula is C26H27FN8O3. The van der Waals surface area contributed by atoms with Crippen LogP contribution in [0.2, 0.25) is 0 Å². The van der Waals surface area contributed by atoms with Gasteiger partial charge >= 0.3 is 6.09 Å². The summed E-state index contributed by atoms with van der Waals surface area (Å²) in [5.74, 6) is -0.711. The molecule has 0 saturated heterocycles. The number of nitrogens with one attached hydrogen (secondary N) is 4. The highest BCUT2D eigenvalue weighted by Crippen LogP contribution is 2.29. The lowest BCUT2D eigenvalue weighted by molar-refractivity contribution is 0.0635. The summed E-state index contributed by atoms with van der Waals surface area (Å²) in [5, 5.41) is 15.3. The zero-order valence-electron chi connectivity index (χ0n) is 21.2. The van der Waals surface area contributed by atoms with Gasteiger partial charge in [-0.05, 0) is 51.1 Å². The van der Waals surface area contributed by atoms with Crippen LogP contribution in [0, 0.1) is 5.82 Å². The van der Waals surface area contributed by atoms with E-state index < -0.39 is 23.4 Å². The molecule has 0 saturated carbocycles. The number of aryl methyl sites for hydroxylation is 1. The van der Waals surface area contributed by atoms with Crippen LogP contribution in [-0.2, 0) is 11.8 Å². The molecular weight excluding hydrogens is 491 g/mol. The number of hydrogen-bond donors (Lipinski definition) is 4. The Morgan fingerprint density at radius 1 is 0.947 bits per heavy atom. The molecule has 38 heavy (non-hydrogen) atoms. The molecule has 2 aromatic carbocycles. The maximum atomic E-state index is 14.8. The van der Waals surface area contributed by atoms with Crippen molar-refractivity contribution in [3.63, 3.8) is 0 Å². The second kappa shape index (κ2) is 10.9. The molecule has 0 aliphatic heterocycles. The van der Waals surface area contributed by atoms with E-state index in [1.54, 1.807) is 75.2 Å². The molecule has 2 aromatic heterocycles. The van der Waals surface area contributed by atoms with Crippen molar-refractivity contribution < 1.29 is 18.7 Å². The summed E-state index contributed by atoms with van der Waals surface area (Å²) >= 11 is 0. The summed E-state index contributed by atoms with van der Waals surface area (Å²) in [6.07, 6.45) is 4.03. The number of amides is 2. The first-order valence-electron chi connectivity index (χ1n) is 11.6. The summed E-state index contributed by atoms with van der Waals surface area (Å²) in [4.78, 5) is 33.7. The van der Waals surface area contributed by atoms with E-state index in [0.717, 1.165) is 0 Å². The van der Waals surface area contributed by atoms with Crippen molar-refractivity contribution in [1.29, 1.82) is 0 Å². The highest BCUT2D eigenvalue weighted by Gasteiger charge is 2.18. The molecule has 2 heterocycles. The van der Waals surface area contributed by atoms with E-state index in [-0.39, 0.29) is 23.1 Å². The molecule has 0 spiro atoms. The minimum absolute atomic E-state index is 0.000188. The van der Waals surface area contributed by atoms with Crippen molar-refractivity contribution in [2.24, 2.45) is 7.05 Å². The fraction of sp³-hybridized carbons (Fsp3) is 0.192. The Hall–Kier alpha value is -5.00. The Balaban J connectivity index is 1.63. The Labute approximate surface area is 218 Å². The Morgan fingerprint density at radius 2 is 1.71 bits per heavy atom. The lowest BCUT2D eigenvalue weighted by Crippen LogP contribution is -2.27. The van der Waals surface area contributed by atoms with Gasteiger partial charge < -0.3 is 20.7 Å². The zero-order valence-corrected chi connectivity index (χ0v) is 21.2. The maximum Gasteiger partial charge on any atom is 0.412 e. The second-order valence-electron chi connectivity index (χ2n) is 9.25. The molecule has 0 radical (unpaired) electrons. The zero-order chi connectivity index (χ0) is 27.3. The molecule has 0 atom stereocenters. The molecule has 2 amide bonds. The van der Waals surface area contributed by atoms with Crippen LogP contribution in [-0.4, -0.2) is 37.3 Å². The van der Waals surface area contributed by atoms with Crippen LogP contribution in [0.5, 0.6) is 0 Å². The van der Waals surface area contributed by atoms with Gasteiger partial charge in [-0.25, -0.2) is 14.2 Å². The van der Waals surface area contributed by atoms with Gasteiger partial charge in [0.25, 0.3) is 5.91 Å². The number of aromatic nitrogens is 4. The third kappa shape index (κ3) is 7.03. The Kier molecular flexibility index (Phi) is 7.51. The molecule has 0 aliphatic rings. The molecule has 4 N–H and O–H groups in total. The van der Waals surface area contributed by atoms with Crippen molar-refractivity contribution in [3.8, 4) is 0 Å². The predicted octanol–water partition coefficient (Wildman–Crippen LogP) is 5.44. The number of nitrogens with zero attached hydrogens (tertiary/aromatic N) is 4. The van der Waals surface area contributed by atoms with E-state index in [9.17, 15) is 14.0 Å². The highest BCUT2D eigenvalue weighted by molar-refractivity contribution is 6.05. The van der Waals surface area contributed by atoms with Crippen LogP contribution < -0.4 is 21.3 Å². The molecule has 0 unspecified atom stereocenters. The first-order valence-corrected chi connectivity index (χ1v) is 11.6. The van der Waals surface area contributed by atoms with Gasteiger partial charge in [0.2, 0.25) is 5.95 Å². The highest BCUT2D eigenvalue weighted by atomic mass is 19.1. The number of hydrogen-bond acceptors (Lipinski definition) is 8. The molecule has 11 nitrogen and oxygen atoms in total. The third-order valence-corrected chi connectivity index (χ3v) is 4.90. The van der Waals surface area contributed by atoms with E-state index in [2.05, 4.69) is 36.3 Å². The fourth-order valence-electron chi connectivity index (χ4n) is 3.28. The maximum absolute atomic E-state index is 14.8. The summed E-state index contributed by atoms with van der Waals surface area (Å²) in [6, 6.07) is 12.6. The molecule has 12 heteroatoms. The Bertz CT molecular complexity index is 1450. The van der Waals surface area contributed by atoms with E-state index in [1.807, 2.05) is 0 Å². The summed E-state index contributed by atoms with van der Waals surface area (Å²) in [5.41, 5.74) is 0.858. The first kappa shape index (κ1) is 26.1. The van der Waals surface area contributed by atoms with Gasteiger partial charge in [0.05, 0.1) is 23.8 Å². The lowest BCUT2D eigenvalue weighted by atomic mass is 10.2. The van der Waals surface area contributed by atoms with Gasteiger partial charge in [0.1, 0.15) is 17.1 Å². The number of rotatable bonds is 7. The largest absolute Gasteiger partial charge is 0.444 e. The van der Waals surface area contributed by atoms with Crippen molar-refractivity contribution in [3.05, 3.63) is 78.5 Å². The number of ether oxygens (including phenoxy) is 1. The van der Waals surface area contributed by atoms with E-state index in [4.69, 9.17) is 4.74 Å². The van der Waals surface area contributed by atoms with E-state index >= 15 is 0 Å². The third-order valence-electron chi connectivity index (χ3n) is 4.90. The average molecular weight is 519 g/mol. The molecule has 4 aromatic rings. The minimum Gasteiger partial charge on any atom is -0.444 e. The van der Waals surface area contributed by atoms with Gasteiger partial charge in [0.15, 0.2) is 5.82 Å². The van der Waals surface area contributed by atoms with Gasteiger partial charge in [-0.3, -0.25) is 14.8 Å². The number of benzene rings is 2. The van der Waals surface area contributed by atoms with Crippen LogP contribution in [0.1, 0.15) is 31.1 Å². The van der Waals surface area contributed by atoms with Gasteiger partial charge in [-0.15, -0.1) is 0 Å². The number of carbonyl (C=O) groups is 2. The molecule has 196 valence electrons. The van der Waals surface area contributed by atoms with Gasteiger partial charge in [-0.2, -0.15) is 10.1 Å². The monoisotopic (exact) mass is 518 g/mol. The lowest BCUT2D eigenvalue weighted by Gasteiger charge is -2.20. The smallest absolute Gasteiger partial charge is 0.412 e. The first-order chi connectivity index (χ1) is 18.1. The molecule has 0 aliphatic carbocycles. The van der Waals surface area contributed by atoms with Crippen LogP contribution >= 0.6 is 0 Å². The normalized spacial score (nSPS) is 11.0. The van der Waals surface area contributed by atoms with Gasteiger partial charge in [0, 0.05) is 24.5 Å². The summed E-state index contributed by atoms with van der Waals surface area (Å²) in [6.45, 7) is 5.21. The van der Waals surface area contributed by atoms with Crippen molar-refractivity contribution in [2.75, 3.05) is 21.3 Å². The number of anilines is 6. The van der Waals surface area contributed by atoms with E-state index in [1.165, 1.54) is 24.4 Å². The van der Waals surface area contributed by atoms with Crippen molar-refractivity contribution in [1.82, 2.24) is 19.7 Å². The van der Waals surface area contributed by atoms with Gasteiger partial charge in [-0.1, -0.05) is 18.2 Å². The topological polar surface area (TPSA) is 135 Å². The van der Waals surface area contributed by atoms with Crippen molar-refractivity contribution in [2.45, 2.75) is 26.4 Å². The molecule has 0 fully saturated rings. The van der Waals surface area contributed by atoms with Crippen molar-refractivity contribution >= 4 is 46.5 Å². The molecule has 4 rings (SSSR count). The van der Waals surface area contributed by atoms with E-state index in [0.29, 0.717) is 16.9 Å². The Morgan fingerprint density at radius 3 is 2.39 bits per heavy atom. The number of carbonyl (C=O) groups excluding carboxylic acids is 2. The van der Waals surface area contributed by atoms with Crippen LogP contribution in [0.4, 0.5) is 43.7 Å². The van der Waals surface area contributed by atoms with Crippen LogP contribution in [0.15, 0.2) is 67.1 Å². The average Bonchev–Trinajstić information content (AvgIpc) is 3.26. The SMILES string of the molecule is Cn1cc(Nc2ncc(NC(=O)c3ccccc3)c(Nc3cc(NC(=O)OC(C)(C)C)ccc3F)n2)cn1. The molecule has 0 bridgehead atoms. The minimum atomic E-state index is -0.699. The van der Waals surface area contributed by atoms with Crippen LogP contribution in [0.25, 0.3) is 0 Å². The fourth-order valence-corrected chi connectivity index (χ4v) is 3.28. The predicted molar refractivity (Wildman–Crippen MR) is 142 cm³/mol.